The van der Waals surface area contributed by atoms with Crippen molar-refractivity contribution >= 4 is 22.6 Å². The standard InChI is InChI=1S/C9H11IN2O2/c10-8-2-1-7(13)9(12-8)6-5-14-4-3-11-6/h1-2,6,11,13H,3-5H2. The SMILES string of the molecule is Oc1ccc(I)nc1C1COCCN1. The summed E-state index contributed by atoms with van der Waals surface area (Å²) in [5, 5.41) is 12.9. The Morgan fingerprint density at radius 2 is 2.43 bits per heavy atom. The topological polar surface area (TPSA) is 54.4 Å². The van der Waals surface area contributed by atoms with Gasteiger partial charge in [0.05, 0.1) is 19.3 Å². The summed E-state index contributed by atoms with van der Waals surface area (Å²) >= 11 is 2.13. The number of nitrogens with zero attached hydrogens (tertiary/aromatic N) is 1. The van der Waals surface area contributed by atoms with Gasteiger partial charge in [0, 0.05) is 6.54 Å². The molecule has 1 aliphatic heterocycles. The van der Waals surface area contributed by atoms with Crippen molar-refractivity contribution in [1.82, 2.24) is 10.3 Å². The first-order valence-electron chi connectivity index (χ1n) is 4.44. The van der Waals surface area contributed by atoms with Crippen LogP contribution in [0.1, 0.15) is 11.7 Å². The fourth-order valence-corrected chi connectivity index (χ4v) is 1.88. The first-order chi connectivity index (χ1) is 6.77. The van der Waals surface area contributed by atoms with Gasteiger partial charge in [0.15, 0.2) is 0 Å². The minimum Gasteiger partial charge on any atom is -0.506 e. The van der Waals surface area contributed by atoms with Crippen molar-refractivity contribution < 1.29 is 9.84 Å². The molecule has 1 saturated heterocycles. The Morgan fingerprint density at radius 3 is 3.14 bits per heavy atom. The molecule has 0 saturated carbocycles. The fraction of sp³-hybridized carbons (Fsp3) is 0.444. The fourth-order valence-electron chi connectivity index (χ4n) is 1.44. The van der Waals surface area contributed by atoms with E-state index in [4.69, 9.17) is 4.74 Å². The molecular formula is C9H11IN2O2. The molecule has 0 radical (unpaired) electrons. The minimum atomic E-state index is 0.0125. The molecule has 1 aromatic heterocycles. The van der Waals surface area contributed by atoms with Gasteiger partial charge in [0.1, 0.15) is 15.1 Å². The van der Waals surface area contributed by atoms with E-state index in [1.807, 2.05) is 0 Å². The lowest BCUT2D eigenvalue weighted by atomic mass is 10.1. The zero-order valence-corrected chi connectivity index (χ0v) is 9.69. The van der Waals surface area contributed by atoms with Gasteiger partial charge in [-0.15, -0.1) is 0 Å². The molecule has 2 heterocycles. The molecule has 4 nitrogen and oxygen atoms in total. The number of pyridine rings is 1. The highest BCUT2D eigenvalue weighted by atomic mass is 127. The van der Waals surface area contributed by atoms with Crippen molar-refractivity contribution in [3.05, 3.63) is 21.5 Å². The number of halogens is 1. The Morgan fingerprint density at radius 1 is 1.57 bits per heavy atom. The Hall–Kier alpha value is -0.400. The molecule has 2 rings (SSSR count). The molecule has 0 aromatic carbocycles. The minimum absolute atomic E-state index is 0.0125. The van der Waals surface area contributed by atoms with Crippen LogP contribution in [0.15, 0.2) is 12.1 Å². The molecule has 1 unspecified atom stereocenters. The third-order valence-corrected chi connectivity index (χ3v) is 2.72. The van der Waals surface area contributed by atoms with Crippen LogP contribution in [0.4, 0.5) is 0 Å². The van der Waals surface area contributed by atoms with Crippen LogP contribution in [-0.4, -0.2) is 29.8 Å². The van der Waals surface area contributed by atoms with Gasteiger partial charge in [-0.05, 0) is 34.7 Å². The van der Waals surface area contributed by atoms with Crippen LogP contribution in [0.5, 0.6) is 5.75 Å². The number of nitrogens with one attached hydrogen (secondary N) is 1. The number of hydrogen-bond acceptors (Lipinski definition) is 4. The molecule has 0 aliphatic carbocycles. The normalized spacial score (nSPS) is 22.2. The Kier molecular flexibility index (Phi) is 3.19. The summed E-state index contributed by atoms with van der Waals surface area (Å²) in [6, 6.07) is 3.46. The van der Waals surface area contributed by atoms with Gasteiger partial charge in [0.25, 0.3) is 0 Å². The van der Waals surface area contributed by atoms with Crippen LogP contribution in [0.2, 0.25) is 0 Å². The van der Waals surface area contributed by atoms with Crippen LogP contribution >= 0.6 is 22.6 Å². The average molecular weight is 306 g/mol. The van der Waals surface area contributed by atoms with E-state index in [9.17, 15) is 5.11 Å². The van der Waals surface area contributed by atoms with Crippen LogP contribution in [0, 0.1) is 3.70 Å². The summed E-state index contributed by atoms with van der Waals surface area (Å²) in [4.78, 5) is 4.29. The van der Waals surface area contributed by atoms with Crippen molar-refractivity contribution in [2.24, 2.45) is 0 Å². The Balaban J connectivity index is 2.24. The van der Waals surface area contributed by atoms with Crippen LogP contribution < -0.4 is 5.32 Å². The molecule has 1 aromatic rings. The average Bonchev–Trinajstić information content (AvgIpc) is 2.23. The highest BCUT2D eigenvalue weighted by molar-refractivity contribution is 14.1. The van der Waals surface area contributed by atoms with Gasteiger partial charge in [-0.2, -0.15) is 0 Å². The van der Waals surface area contributed by atoms with Gasteiger partial charge in [-0.1, -0.05) is 0 Å². The van der Waals surface area contributed by atoms with Gasteiger partial charge in [-0.3, -0.25) is 0 Å². The first kappa shape index (κ1) is 10.1. The number of aromatic nitrogens is 1. The quantitative estimate of drug-likeness (QED) is 0.602. The summed E-state index contributed by atoms with van der Waals surface area (Å²) in [5.41, 5.74) is 0.677. The van der Waals surface area contributed by atoms with E-state index >= 15 is 0 Å². The number of ether oxygens (including phenoxy) is 1. The lowest BCUT2D eigenvalue weighted by Crippen LogP contribution is -2.35. The maximum atomic E-state index is 9.63. The second kappa shape index (κ2) is 4.41. The van der Waals surface area contributed by atoms with E-state index in [1.165, 1.54) is 0 Å². The smallest absolute Gasteiger partial charge is 0.138 e. The van der Waals surface area contributed by atoms with Gasteiger partial charge in [0.2, 0.25) is 0 Å². The van der Waals surface area contributed by atoms with E-state index in [2.05, 4.69) is 32.9 Å². The second-order valence-electron chi connectivity index (χ2n) is 3.12. The zero-order valence-electron chi connectivity index (χ0n) is 7.53. The first-order valence-corrected chi connectivity index (χ1v) is 5.52. The van der Waals surface area contributed by atoms with E-state index in [-0.39, 0.29) is 11.8 Å². The predicted molar refractivity (Wildman–Crippen MR) is 60.2 cm³/mol. The molecule has 1 atom stereocenters. The van der Waals surface area contributed by atoms with Crippen LogP contribution in [-0.2, 0) is 4.74 Å². The van der Waals surface area contributed by atoms with Crippen LogP contribution in [0.3, 0.4) is 0 Å². The number of morpholine rings is 1. The van der Waals surface area contributed by atoms with Gasteiger partial charge < -0.3 is 15.2 Å². The molecule has 14 heavy (non-hydrogen) atoms. The Bertz CT molecular complexity index is 327. The monoisotopic (exact) mass is 306 g/mol. The van der Waals surface area contributed by atoms with Crippen molar-refractivity contribution in [3.63, 3.8) is 0 Å². The molecule has 0 amide bonds. The van der Waals surface area contributed by atoms with Crippen molar-refractivity contribution in [3.8, 4) is 5.75 Å². The largest absolute Gasteiger partial charge is 0.506 e. The highest BCUT2D eigenvalue weighted by Crippen LogP contribution is 2.24. The maximum Gasteiger partial charge on any atom is 0.138 e. The van der Waals surface area contributed by atoms with Gasteiger partial charge in [-0.25, -0.2) is 4.98 Å². The highest BCUT2D eigenvalue weighted by Gasteiger charge is 2.19. The number of hydrogen-bond donors (Lipinski definition) is 2. The van der Waals surface area contributed by atoms with Gasteiger partial charge >= 0.3 is 0 Å². The summed E-state index contributed by atoms with van der Waals surface area (Å²) in [7, 11) is 0. The van der Waals surface area contributed by atoms with Crippen LogP contribution in [0.25, 0.3) is 0 Å². The van der Waals surface area contributed by atoms with Crippen molar-refractivity contribution in [2.45, 2.75) is 6.04 Å². The summed E-state index contributed by atoms with van der Waals surface area (Å²) in [5.74, 6) is 0.230. The molecule has 0 spiro atoms. The molecular weight excluding hydrogens is 295 g/mol. The van der Waals surface area contributed by atoms with Crippen molar-refractivity contribution in [1.29, 1.82) is 0 Å². The predicted octanol–water partition coefficient (Wildman–Crippen LogP) is 1.05. The molecule has 1 aliphatic rings. The summed E-state index contributed by atoms with van der Waals surface area (Å²) in [6.07, 6.45) is 0. The third kappa shape index (κ3) is 2.15. The van der Waals surface area contributed by atoms with E-state index in [1.54, 1.807) is 12.1 Å². The van der Waals surface area contributed by atoms with E-state index < -0.39 is 0 Å². The zero-order chi connectivity index (χ0) is 9.97. The number of rotatable bonds is 1. The maximum absolute atomic E-state index is 9.63. The molecule has 5 heteroatoms. The molecule has 76 valence electrons. The van der Waals surface area contributed by atoms with Crippen molar-refractivity contribution in [2.75, 3.05) is 19.8 Å². The number of aromatic hydroxyl groups is 1. The molecule has 1 fully saturated rings. The molecule has 2 N–H and O–H groups in total. The lowest BCUT2D eigenvalue weighted by Gasteiger charge is -2.23. The van der Waals surface area contributed by atoms with E-state index in [0.717, 1.165) is 16.9 Å². The summed E-state index contributed by atoms with van der Waals surface area (Å²) < 4.78 is 6.19. The molecule has 0 bridgehead atoms. The summed E-state index contributed by atoms with van der Waals surface area (Å²) in [6.45, 7) is 2.10. The third-order valence-electron chi connectivity index (χ3n) is 2.12. The van der Waals surface area contributed by atoms with E-state index in [0.29, 0.717) is 12.3 Å². The second-order valence-corrected chi connectivity index (χ2v) is 4.23. The Labute approximate surface area is 95.8 Å². The lowest BCUT2D eigenvalue weighted by molar-refractivity contribution is 0.0747.